The Labute approximate surface area is 254 Å². The lowest BCUT2D eigenvalue weighted by molar-refractivity contribution is -0.130. The van der Waals surface area contributed by atoms with Crippen LogP contribution < -0.4 is 11.1 Å². The Hall–Kier alpha value is -3.43. The third-order valence-electron chi connectivity index (χ3n) is 8.02. The van der Waals surface area contributed by atoms with Gasteiger partial charge in [0.05, 0.1) is 11.5 Å². The van der Waals surface area contributed by atoms with Gasteiger partial charge in [-0.1, -0.05) is 52.0 Å². The number of aliphatic hydroxyl groups excluding tert-OH is 1. The maximum Gasteiger partial charge on any atom is 0.268 e. The minimum atomic E-state index is -1.53. The number of nitrogens with two attached hydrogens (primary N) is 1. The summed E-state index contributed by atoms with van der Waals surface area (Å²) < 4.78 is 28.5. The van der Waals surface area contributed by atoms with Gasteiger partial charge in [-0.05, 0) is 67.0 Å². The van der Waals surface area contributed by atoms with Gasteiger partial charge in [-0.2, -0.15) is 0 Å². The molecule has 0 aliphatic carbocycles. The molecule has 0 radical (unpaired) electrons. The molecule has 7 nitrogen and oxygen atoms in total. The minimum Gasteiger partial charge on any atom is -0.391 e. The molecule has 1 aliphatic rings. The van der Waals surface area contributed by atoms with Crippen LogP contribution in [0.15, 0.2) is 59.2 Å². The van der Waals surface area contributed by atoms with Crippen molar-refractivity contribution in [3.8, 4) is 0 Å². The van der Waals surface area contributed by atoms with Gasteiger partial charge in [0.1, 0.15) is 17.3 Å². The smallest absolute Gasteiger partial charge is 0.268 e. The van der Waals surface area contributed by atoms with Crippen molar-refractivity contribution < 1.29 is 23.5 Å². The van der Waals surface area contributed by atoms with Gasteiger partial charge in [-0.25, -0.2) is 8.78 Å². The van der Waals surface area contributed by atoms with Crippen molar-refractivity contribution in [3.05, 3.63) is 82.6 Å². The predicted molar refractivity (Wildman–Crippen MR) is 166 cm³/mol. The Bertz CT molecular complexity index is 1320. The van der Waals surface area contributed by atoms with E-state index in [0.717, 1.165) is 24.5 Å². The van der Waals surface area contributed by atoms with Crippen molar-refractivity contribution in [1.82, 2.24) is 10.2 Å². The van der Waals surface area contributed by atoms with E-state index in [1.54, 1.807) is 17.9 Å². The first-order valence-electron chi connectivity index (χ1n) is 15.2. The summed E-state index contributed by atoms with van der Waals surface area (Å²) in [5.74, 6) is -3.10. The summed E-state index contributed by atoms with van der Waals surface area (Å²) in [5.41, 5.74) is 7.67. The number of halogens is 2. The van der Waals surface area contributed by atoms with E-state index in [2.05, 4.69) is 36.3 Å². The quantitative estimate of drug-likeness (QED) is 0.261. The van der Waals surface area contributed by atoms with Gasteiger partial charge in [-0.3, -0.25) is 14.6 Å². The van der Waals surface area contributed by atoms with Gasteiger partial charge in [0.15, 0.2) is 0 Å². The molecule has 43 heavy (non-hydrogen) atoms. The topological polar surface area (TPSA) is 108 Å². The minimum absolute atomic E-state index is 0.0534. The number of hydrogen-bond acceptors (Lipinski definition) is 5. The SMILES string of the molecule is CCCN(CCC)C(=O)C1=NC(C)=CC(C(N)=O)([C@H](Cc2cc(F)cc(F)c2)[C@@H](O)CNCc2cccc(C(C)C)c2)C1. The number of aliphatic imine (C=N–C) groups is 1. The van der Waals surface area contributed by atoms with Crippen LogP contribution in [0.2, 0.25) is 0 Å². The molecule has 0 aromatic heterocycles. The van der Waals surface area contributed by atoms with Gasteiger partial charge in [0, 0.05) is 50.3 Å². The van der Waals surface area contributed by atoms with Crippen LogP contribution in [-0.4, -0.2) is 53.3 Å². The molecule has 4 N–H and O–H groups in total. The number of nitrogens with zero attached hydrogens (tertiary/aromatic N) is 2. The van der Waals surface area contributed by atoms with E-state index in [1.165, 1.54) is 17.7 Å². The normalized spacial score (nSPS) is 18.2. The molecule has 2 aromatic carbocycles. The van der Waals surface area contributed by atoms with Crippen LogP contribution in [0.3, 0.4) is 0 Å². The number of nitrogens with one attached hydrogen (secondary N) is 1. The fourth-order valence-electron chi connectivity index (χ4n) is 5.94. The summed E-state index contributed by atoms with van der Waals surface area (Å²) in [5, 5.41) is 14.9. The Kier molecular flexibility index (Phi) is 12.2. The highest BCUT2D eigenvalue weighted by Crippen LogP contribution is 2.42. The molecule has 0 bridgehead atoms. The average Bonchev–Trinajstić information content (AvgIpc) is 2.94. The first-order valence-corrected chi connectivity index (χ1v) is 15.2. The summed E-state index contributed by atoms with van der Waals surface area (Å²) in [7, 11) is 0. The highest BCUT2D eigenvalue weighted by molar-refractivity contribution is 6.39. The lowest BCUT2D eigenvalue weighted by atomic mass is 9.65. The molecule has 0 saturated carbocycles. The van der Waals surface area contributed by atoms with Crippen molar-refractivity contribution in [3.63, 3.8) is 0 Å². The van der Waals surface area contributed by atoms with E-state index in [9.17, 15) is 23.5 Å². The molecule has 1 heterocycles. The van der Waals surface area contributed by atoms with Gasteiger partial charge < -0.3 is 21.1 Å². The number of aliphatic hydroxyl groups is 1. The number of carbonyl (C=O) groups is 2. The molecule has 1 unspecified atom stereocenters. The second-order valence-electron chi connectivity index (χ2n) is 11.9. The first kappa shape index (κ1) is 34.1. The van der Waals surface area contributed by atoms with E-state index < -0.39 is 35.0 Å². The van der Waals surface area contributed by atoms with E-state index in [4.69, 9.17) is 5.73 Å². The maximum absolute atomic E-state index is 14.2. The van der Waals surface area contributed by atoms with Gasteiger partial charge in [0.25, 0.3) is 5.91 Å². The molecule has 9 heteroatoms. The van der Waals surface area contributed by atoms with E-state index >= 15 is 0 Å². The Morgan fingerprint density at radius 2 is 1.72 bits per heavy atom. The number of benzene rings is 2. The molecule has 1 aliphatic heterocycles. The molecular weight excluding hydrogens is 550 g/mol. The fraction of sp³-hybridized carbons (Fsp3) is 0.500. The molecule has 2 amide bonds. The Balaban J connectivity index is 1.97. The van der Waals surface area contributed by atoms with Crippen LogP contribution in [0.1, 0.15) is 76.5 Å². The zero-order valence-corrected chi connectivity index (χ0v) is 26.0. The third kappa shape index (κ3) is 8.80. The number of carbonyl (C=O) groups excluding carboxylic acids is 2. The largest absolute Gasteiger partial charge is 0.391 e. The average molecular weight is 597 g/mol. The monoisotopic (exact) mass is 596 g/mol. The van der Waals surface area contributed by atoms with Crippen molar-refractivity contribution in [1.29, 1.82) is 0 Å². The standard InChI is InChI=1S/C34H46F2N4O3/c1-6-11-40(12-7-2)32(42)30-19-34(33(37)43,18-23(5)39-30)29(16-25-14-27(35)17-28(36)15-25)31(41)21-38-20-24-9-8-10-26(13-24)22(3)4/h8-10,13-15,17-18,22,29,31,38,41H,6-7,11-12,16,19-21H2,1-5H3,(H2,37,43)/t29-,31+,34?/m1/s1. The molecule has 3 rings (SSSR count). The third-order valence-corrected chi connectivity index (χ3v) is 8.02. The number of hydrogen-bond donors (Lipinski definition) is 3. The van der Waals surface area contributed by atoms with Crippen LogP contribution in [0.25, 0.3) is 0 Å². The number of amides is 2. The molecular formula is C34H46F2N4O3. The van der Waals surface area contributed by atoms with Crippen LogP contribution in [0, 0.1) is 23.0 Å². The second kappa shape index (κ2) is 15.3. The highest BCUT2D eigenvalue weighted by Gasteiger charge is 2.49. The summed E-state index contributed by atoms with van der Waals surface area (Å²) in [6.07, 6.45) is 1.78. The van der Waals surface area contributed by atoms with Crippen molar-refractivity contribution in [2.24, 2.45) is 22.1 Å². The maximum atomic E-state index is 14.2. The summed E-state index contributed by atoms with van der Waals surface area (Å²) in [4.78, 5) is 33.2. The van der Waals surface area contributed by atoms with Crippen LogP contribution >= 0.6 is 0 Å². The first-order chi connectivity index (χ1) is 20.4. The van der Waals surface area contributed by atoms with Gasteiger partial charge >= 0.3 is 0 Å². The fourth-order valence-corrected chi connectivity index (χ4v) is 5.94. The number of rotatable bonds is 15. The summed E-state index contributed by atoms with van der Waals surface area (Å²) in [6.45, 7) is 11.5. The van der Waals surface area contributed by atoms with Gasteiger partial charge in [-0.15, -0.1) is 0 Å². The van der Waals surface area contributed by atoms with Crippen LogP contribution in [-0.2, 0) is 22.6 Å². The van der Waals surface area contributed by atoms with Crippen molar-refractivity contribution in [2.75, 3.05) is 19.6 Å². The second-order valence-corrected chi connectivity index (χ2v) is 11.9. The molecule has 234 valence electrons. The Morgan fingerprint density at radius 3 is 2.30 bits per heavy atom. The molecule has 0 saturated heterocycles. The number of primary amides is 1. The van der Waals surface area contributed by atoms with E-state index in [1.807, 2.05) is 26.0 Å². The van der Waals surface area contributed by atoms with Gasteiger partial charge in [0.2, 0.25) is 5.91 Å². The summed E-state index contributed by atoms with van der Waals surface area (Å²) in [6, 6.07) is 11.3. The Morgan fingerprint density at radius 1 is 1.07 bits per heavy atom. The zero-order chi connectivity index (χ0) is 31.7. The summed E-state index contributed by atoms with van der Waals surface area (Å²) >= 11 is 0. The number of allylic oxidation sites excluding steroid dienone is 1. The van der Waals surface area contributed by atoms with Crippen molar-refractivity contribution in [2.45, 2.75) is 78.9 Å². The predicted octanol–water partition coefficient (Wildman–Crippen LogP) is 5.27. The highest BCUT2D eigenvalue weighted by atomic mass is 19.1. The zero-order valence-electron chi connectivity index (χ0n) is 26.0. The van der Waals surface area contributed by atoms with Crippen LogP contribution in [0.5, 0.6) is 0 Å². The molecule has 0 spiro atoms. The van der Waals surface area contributed by atoms with Crippen LogP contribution in [0.4, 0.5) is 8.78 Å². The molecule has 3 atom stereocenters. The van der Waals surface area contributed by atoms with Crippen molar-refractivity contribution >= 4 is 17.5 Å². The van der Waals surface area contributed by atoms with E-state index in [-0.39, 0.29) is 36.6 Å². The van der Waals surface area contributed by atoms with E-state index in [0.29, 0.717) is 31.2 Å². The molecule has 2 aromatic rings. The lowest BCUT2D eigenvalue weighted by Gasteiger charge is -2.41. The molecule has 0 fully saturated rings. The lowest BCUT2D eigenvalue weighted by Crippen LogP contribution is -2.53.